The van der Waals surface area contributed by atoms with E-state index in [4.69, 9.17) is 55.9 Å². The van der Waals surface area contributed by atoms with Crippen LogP contribution in [-0.4, -0.2) is 12.4 Å². The van der Waals surface area contributed by atoms with Gasteiger partial charge in [0.05, 0.1) is 22.2 Å². The second-order valence-electron chi connectivity index (χ2n) is 4.71. The van der Waals surface area contributed by atoms with E-state index >= 15 is 0 Å². The van der Waals surface area contributed by atoms with E-state index in [1.54, 1.807) is 30.3 Å². The molecule has 0 unspecified atom stereocenters. The first kappa shape index (κ1) is 18.9. The highest BCUT2D eigenvalue weighted by atomic mass is 35.5. The lowest BCUT2D eigenvalue weighted by Crippen LogP contribution is -1.99. The lowest BCUT2D eigenvalue weighted by molar-refractivity contribution is -0.107. The molecule has 0 bridgehead atoms. The Morgan fingerprint density at radius 2 is 1.83 bits per heavy atom. The smallest absolute Gasteiger partial charge is 0.245 e. The standard InChI is InChI=1S/C17H12Cl4O3/c1-23-15-8-10(3-5-16(21)22)6-14(20)17(15)24-9-11-2-4-12(18)13(19)7-11/h2-8H,9H2,1H3/b5-3+. The lowest BCUT2D eigenvalue weighted by Gasteiger charge is -2.13. The third-order valence-electron chi connectivity index (χ3n) is 3.03. The summed E-state index contributed by atoms with van der Waals surface area (Å²) in [7, 11) is 1.50. The quantitative estimate of drug-likeness (QED) is 0.435. The monoisotopic (exact) mass is 404 g/mol. The predicted octanol–water partition coefficient (Wildman–Crippen LogP) is 6.01. The number of rotatable bonds is 6. The summed E-state index contributed by atoms with van der Waals surface area (Å²) in [6.07, 6.45) is 2.76. The maximum absolute atomic E-state index is 10.8. The largest absolute Gasteiger partial charge is 0.493 e. The van der Waals surface area contributed by atoms with Crippen LogP contribution in [0.4, 0.5) is 0 Å². The Kier molecular flexibility index (Phi) is 6.81. The molecular weight excluding hydrogens is 394 g/mol. The number of hydrogen-bond donors (Lipinski definition) is 0. The zero-order valence-electron chi connectivity index (χ0n) is 12.5. The van der Waals surface area contributed by atoms with E-state index in [1.165, 1.54) is 19.3 Å². The van der Waals surface area contributed by atoms with E-state index in [2.05, 4.69) is 0 Å². The predicted molar refractivity (Wildman–Crippen MR) is 98.7 cm³/mol. The number of methoxy groups -OCH3 is 1. The minimum absolute atomic E-state index is 0.238. The molecule has 2 aromatic rings. The number of carbonyl (C=O) groups is 1. The van der Waals surface area contributed by atoms with Crippen molar-refractivity contribution in [3.8, 4) is 11.5 Å². The summed E-state index contributed by atoms with van der Waals surface area (Å²) in [5.74, 6) is 0.823. The van der Waals surface area contributed by atoms with E-state index in [-0.39, 0.29) is 6.61 Å². The molecule has 0 saturated carbocycles. The van der Waals surface area contributed by atoms with Crippen LogP contribution in [0.2, 0.25) is 15.1 Å². The van der Waals surface area contributed by atoms with Crippen LogP contribution in [0, 0.1) is 0 Å². The van der Waals surface area contributed by atoms with Gasteiger partial charge in [-0.05, 0) is 59.1 Å². The number of benzene rings is 2. The first-order valence-electron chi connectivity index (χ1n) is 6.72. The maximum atomic E-state index is 10.8. The number of ether oxygens (including phenoxy) is 2. The van der Waals surface area contributed by atoms with Crippen LogP contribution in [0.25, 0.3) is 6.08 Å². The third kappa shape index (κ3) is 5.05. The van der Waals surface area contributed by atoms with E-state index in [9.17, 15) is 4.79 Å². The van der Waals surface area contributed by atoms with Crippen molar-refractivity contribution in [1.82, 2.24) is 0 Å². The Hall–Kier alpha value is -1.39. The van der Waals surface area contributed by atoms with Crippen molar-refractivity contribution in [2.75, 3.05) is 7.11 Å². The first-order valence-corrected chi connectivity index (χ1v) is 8.23. The van der Waals surface area contributed by atoms with Crippen LogP contribution in [0.5, 0.6) is 11.5 Å². The second-order valence-corrected chi connectivity index (χ2v) is 6.30. The summed E-state index contributed by atoms with van der Waals surface area (Å²) in [5.41, 5.74) is 1.49. The number of carbonyl (C=O) groups excluding carboxylic acids is 1. The van der Waals surface area contributed by atoms with Gasteiger partial charge < -0.3 is 9.47 Å². The molecule has 0 amide bonds. The van der Waals surface area contributed by atoms with Gasteiger partial charge in [0.15, 0.2) is 11.5 Å². The average molecular weight is 406 g/mol. The van der Waals surface area contributed by atoms with Gasteiger partial charge in [-0.1, -0.05) is 40.9 Å². The molecule has 2 aromatic carbocycles. The highest BCUT2D eigenvalue weighted by Gasteiger charge is 2.12. The molecule has 0 N–H and O–H groups in total. The Labute approximate surface area is 159 Å². The molecule has 0 saturated heterocycles. The van der Waals surface area contributed by atoms with E-state index in [1.807, 2.05) is 0 Å². The average Bonchev–Trinajstić information content (AvgIpc) is 2.54. The highest BCUT2D eigenvalue weighted by Crippen LogP contribution is 2.37. The minimum Gasteiger partial charge on any atom is -0.493 e. The fraction of sp³-hybridized carbons (Fsp3) is 0.118. The highest BCUT2D eigenvalue weighted by molar-refractivity contribution is 6.66. The van der Waals surface area contributed by atoms with Crippen molar-refractivity contribution in [2.24, 2.45) is 0 Å². The van der Waals surface area contributed by atoms with E-state index in [0.717, 1.165) is 5.56 Å². The van der Waals surface area contributed by atoms with Crippen LogP contribution in [-0.2, 0) is 11.4 Å². The zero-order chi connectivity index (χ0) is 17.7. The zero-order valence-corrected chi connectivity index (χ0v) is 15.5. The second kappa shape index (κ2) is 8.63. The Balaban J connectivity index is 2.22. The maximum Gasteiger partial charge on any atom is 0.245 e. The van der Waals surface area contributed by atoms with Gasteiger partial charge in [0.2, 0.25) is 5.24 Å². The van der Waals surface area contributed by atoms with Crippen molar-refractivity contribution in [1.29, 1.82) is 0 Å². The summed E-state index contributed by atoms with van der Waals surface area (Å²) in [6, 6.07) is 8.54. The van der Waals surface area contributed by atoms with Gasteiger partial charge in [-0.3, -0.25) is 4.79 Å². The Morgan fingerprint density at radius 1 is 1.08 bits per heavy atom. The molecule has 0 aliphatic heterocycles. The van der Waals surface area contributed by atoms with Crippen LogP contribution in [0.15, 0.2) is 36.4 Å². The molecule has 3 nitrogen and oxygen atoms in total. The molecular formula is C17H12Cl4O3. The fourth-order valence-corrected chi connectivity index (χ4v) is 2.58. The van der Waals surface area contributed by atoms with Gasteiger partial charge in [0.25, 0.3) is 0 Å². The summed E-state index contributed by atoms with van der Waals surface area (Å²) in [5, 5.41) is 0.684. The van der Waals surface area contributed by atoms with Gasteiger partial charge >= 0.3 is 0 Å². The minimum atomic E-state index is -0.579. The number of allylic oxidation sites excluding steroid dienone is 1. The van der Waals surface area contributed by atoms with Crippen molar-refractivity contribution in [3.05, 3.63) is 62.6 Å². The van der Waals surface area contributed by atoms with Crippen LogP contribution in [0.3, 0.4) is 0 Å². The number of halogens is 4. The third-order valence-corrected chi connectivity index (χ3v) is 4.17. The summed E-state index contributed by atoms with van der Waals surface area (Å²) in [4.78, 5) is 10.8. The molecule has 7 heteroatoms. The molecule has 0 fully saturated rings. The van der Waals surface area contributed by atoms with Gasteiger partial charge in [0.1, 0.15) is 6.61 Å². The first-order chi connectivity index (χ1) is 11.4. The van der Waals surface area contributed by atoms with Gasteiger partial charge in [0, 0.05) is 0 Å². The molecule has 0 atom stereocenters. The molecule has 0 radical (unpaired) electrons. The molecule has 0 aliphatic rings. The van der Waals surface area contributed by atoms with Crippen LogP contribution < -0.4 is 9.47 Å². The van der Waals surface area contributed by atoms with Crippen molar-refractivity contribution in [3.63, 3.8) is 0 Å². The Morgan fingerprint density at radius 3 is 2.46 bits per heavy atom. The van der Waals surface area contributed by atoms with Gasteiger partial charge in [-0.2, -0.15) is 0 Å². The molecule has 2 rings (SSSR count). The SMILES string of the molecule is COc1cc(/C=C/C(=O)Cl)cc(Cl)c1OCc1ccc(Cl)c(Cl)c1. The summed E-state index contributed by atoms with van der Waals surface area (Å²) >= 11 is 23.4. The van der Waals surface area contributed by atoms with Crippen molar-refractivity contribution < 1.29 is 14.3 Å². The molecule has 0 aromatic heterocycles. The molecule has 0 aliphatic carbocycles. The Bertz CT molecular complexity index is 788. The van der Waals surface area contributed by atoms with Crippen LogP contribution >= 0.6 is 46.4 Å². The summed E-state index contributed by atoms with van der Waals surface area (Å²) in [6.45, 7) is 0.238. The normalized spacial score (nSPS) is 10.9. The lowest BCUT2D eigenvalue weighted by atomic mass is 10.2. The molecule has 126 valence electrons. The fourth-order valence-electron chi connectivity index (χ4n) is 1.92. The van der Waals surface area contributed by atoms with Crippen molar-refractivity contribution in [2.45, 2.75) is 6.61 Å². The van der Waals surface area contributed by atoms with Gasteiger partial charge in [-0.25, -0.2) is 0 Å². The van der Waals surface area contributed by atoms with Crippen LogP contribution in [0.1, 0.15) is 11.1 Å². The molecule has 24 heavy (non-hydrogen) atoms. The topological polar surface area (TPSA) is 35.5 Å². The van der Waals surface area contributed by atoms with Gasteiger partial charge in [-0.15, -0.1) is 0 Å². The van der Waals surface area contributed by atoms with E-state index in [0.29, 0.717) is 32.1 Å². The summed E-state index contributed by atoms with van der Waals surface area (Å²) < 4.78 is 11.0. The number of hydrogen-bond acceptors (Lipinski definition) is 3. The van der Waals surface area contributed by atoms with Crippen molar-refractivity contribution >= 4 is 57.7 Å². The van der Waals surface area contributed by atoms with E-state index < -0.39 is 5.24 Å². The molecule has 0 heterocycles. The molecule has 0 spiro atoms.